The maximum Gasteiger partial charge on any atom is 0.263 e. The third-order valence-corrected chi connectivity index (χ3v) is 4.62. The van der Waals surface area contributed by atoms with Crippen molar-refractivity contribution in [1.82, 2.24) is 9.97 Å². The van der Waals surface area contributed by atoms with E-state index in [2.05, 4.69) is 35.5 Å². The van der Waals surface area contributed by atoms with Gasteiger partial charge in [-0.05, 0) is 23.1 Å². The highest BCUT2D eigenvalue weighted by atomic mass is 32.2. The molecule has 0 bridgehead atoms. The van der Waals surface area contributed by atoms with Gasteiger partial charge in [0.2, 0.25) is 5.88 Å². The SMILES string of the molecule is CC(C)(C)c1ccc(S(=O)(=O)Nc2cc(OCCO)ncn2)cc1. The van der Waals surface area contributed by atoms with Crippen molar-refractivity contribution in [3.05, 3.63) is 42.2 Å². The monoisotopic (exact) mass is 351 g/mol. The van der Waals surface area contributed by atoms with E-state index in [0.717, 1.165) is 5.56 Å². The molecule has 24 heavy (non-hydrogen) atoms. The van der Waals surface area contributed by atoms with Crippen molar-refractivity contribution in [2.45, 2.75) is 31.1 Å². The van der Waals surface area contributed by atoms with Gasteiger partial charge in [0.05, 0.1) is 11.5 Å². The first-order valence-corrected chi connectivity index (χ1v) is 8.90. The molecule has 2 aromatic rings. The van der Waals surface area contributed by atoms with Gasteiger partial charge in [0.15, 0.2) is 0 Å². The summed E-state index contributed by atoms with van der Waals surface area (Å²) >= 11 is 0. The number of nitrogens with one attached hydrogen (secondary N) is 1. The number of sulfonamides is 1. The average Bonchev–Trinajstić information content (AvgIpc) is 2.52. The van der Waals surface area contributed by atoms with Gasteiger partial charge in [-0.25, -0.2) is 18.4 Å². The number of rotatable bonds is 6. The van der Waals surface area contributed by atoms with E-state index in [-0.39, 0.29) is 35.2 Å². The molecule has 130 valence electrons. The highest BCUT2D eigenvalue weighted by Crippen LogP contribution is 2.24. The zero-order chi connectivity index (χ0) is 17.8. The van der Waals surface area contributed by atoms with Crippen molar-refractivity contribution < 1.29 is 18.3 Å². The van der Waals surface area contributed by atoms with Crippen molar-refractivity contribution in [2.24, 2.45) is 0 Å². The van der Waals surface area contributed by atoms with Gasteiger partial charge in [-0.15, -0.1) is 0 Å². The molecule has 0 unspecified atom stereocenters. The molecule has 2 N–H and O–H groups in total. The van der Waals surface area contributed by atoms with Gasteiger partial charge < -0.3 is 9.84 Å². The Kier molecular flexibility index (Phi) is 5.40. The topological polar surface area (TPSA) is 101 Å². The summed E-state index contributed by atoms with van der Waals surface area (Å²) in [4.78, 5) is 7.86. The second-order valence-electron chi connectivity index (χ2n) is 6.19. The molecule has 8 heteroatoms. The molecule has 0 atom stereocenters. The fraction of sp³-hybridized carbons (Fsp3) is 0.375. The molecule has 1 aromatic heterocycles. The van der Waals surface area contributed by atoms with Crippen molar-refractivity contribution in [3.8, 4) is 5.88 Å². The number of anilines is 1. The number of aliphatic hydroxyl groups excluding tert-OH is 1. The summed E-state index contributed by atoms with van der Waals surface area (Å²) in [6.45, 7) is 6.08. The lowest BCUT2D eigenvalue weighted by molar-refractivity contribution is 0.196. The van der Waals surface area contributed by atoms with E-state index < -0.39 is 10.0 Å². The number of aromatic nitrogens is 2. The molecule has 0 aliphatic heterocycles. The summed E-state index contributed by atoms with van der Waals surface area (Å²) < 4.78 is 32.4. The molecule has 1 aromatic carbocycles. The first-order chi connectivity index (χ1) is 11.2. The normalized spacial score (nSPS) is 12.0. The molecule has 0 saturated heterocycles. The third-order valence-electron chi connectivity index (χ3n) is 3.25. The lowest BCUT2D eigenvalue weighted by Gasteiger charge is -2.19. The molecule has 0 spiro atoms. The van der Waals surface area contributed by atoms with Gasteiger partial charge in [0, 0.05) is 6.07 Å². The van der Waals surface area contributed by atoms with E-state index in [4.69, 9.17) is 9.84 Å². The third kappa shape index (κ3) is 4.65. The molecule has 1 heterocycles. The van der Waals surface area contributed by atoms with Gasteiger partial charge in [0.1, 0.15) is 18.8 Å². The average molecular weight is 351 g/mol. The minimum Gasteiger partial charge on any atom is -0.475 e. The summed E-state index contributed by atoms with van der Waals surface area (Å²) in [6, 6.07) is 8.08. The van der Waals surface area contributed by atoms with Crippen LogP contribution in [0, 0.1) is 0 Å². The maximum atomic E-state index is 12.4. The predicted octanol–water partition coefficient (Wildman–Crippen LogP) is 1.95. The molecular weight excluding hydrogens is 330 g/mol. The summed E-state index contributed by atoms with van der Waals surface area (Å²) in [6.07, 6.45) is 1.19. The van der Waals surface area contributed by atoms with E-state index in [1.54, 1.807) is 24.3 Å². The molecule has 0 amide bonds. The Morgan fingerprint density at radius 3 is 2.42 bits per heavy atom. The van der Waals surface area contributed by atoms with Crippen LogP contribution in [-0.4, -0.2) is 36.7 Å². The zero-order valence-corrected chi connectivity index (χ0v) is 14.7. The van der Waals surface area contributed by atoms with Gasteiger partial charge in [-0.2, -0.15) is 0 Å². The fourth-order valence-corrected chi connectivity index (χ4v) is 2.95. The van der Waals surface area contributed by atoms with E-state index in [1.807, 2.05) is 0 Å². The summed E-state index contributed by atoms with van der Waals surface area (Å²) in [5.41, 5.74) is 0.990. The zero-order valence-electron chi connectivity index (χ0n) is 13.9. The van der Waals surface area contributed by atoms with Gasteiger partial charge in [0.25, 0.3) is 10.0 Å². The van der Waals surface area contributed by atoms with Crippen LogP contribution in [0.4, 0.5) is 5.82 Å². The second-order valence-corrected chi connectivity index (χ2v) is 7.88. The highest BCUT2D eigenvalue weighted by molar-refractivity contribution is 7.92. The van der Waals surface area contributed by atoms with Crippen LogP contribution in [-0.2, 0) is 15.4 Å². The molecule has 2 rings (SSSR count). The summed E-state index contributed by atoms with van der Waals surface area (Å²) in [5, 5.41) is 8.73. The number of benzene rings is 1. The molecule has 0 aliphatic carbocycles. The van der Waals surface area contributed by atoms with Crippen LogP contribution in [0.2, 0.25) is 0 Å². The van der Waals surface area contributed by atoms with Crippen LogP contribution < -0.4 is 9.46 Å². The Hall–Kier alpha value is -2.19. The Labute approximate surface area is 141 Å². The van der Waals surface area contributed by atoms with Crippen LogP contribution in [0.15, 0.2) is 41.6 Å². The fourth-order valence-electron chi connectivity index (χ4n) is 1.96. The van der Waals surface area contributed by atoms with Crippen LogP contribution in [0.3, 0.4) is 0 Å². The molecule has 0 fully saturated rings. The summed E-state index contributed by atoms with van der Waals surface area (Å²) in [5.74, 6) is 0.276. The lowest BCUT2D eigenvalue weighted by Crippen LogP contribution is -2.15. The molecule has 7 nitrogen and oxygen atoms in total. The van der Waals surface area contributed by atoms with Gasteiger partial charge in [-0.3, -0.25) is 4.72 Å². The van der Waals surface area contributed by atoms with Gasteiger partial charge >= 0.3 is 0 Å². The van der Waals surface area contributed by atoms with Crippen LogP contribution in [0.5, 0.6) is 5.88 Å². The lowest BCUT2D eigenvalue weighted by atomic mass is 9.87. The number of hydrogen-bond acceptors (Lipinski definition) is 6. The first kappa shape index (κ1) is 18.2. The number of nitrogens with zero attached hydrogens (tertiary/aromatic N) is 2. The Morgan fingerprint density at radius 1 is 1.17 bits per heavy atom. The number of aliphatic hydroxyl groups is 1. The van der Waals surface area contributed by atoms with Crippen molar-refractivity contribution in [1.29, 1.82) is 0 Å². The predicted molar refractivity (Wildman–Crippen MR) is 90.6 cm³/mol. The Bertz CT molecular complexity index is 784. The van der Waals surface area contributed by atoms with E-state index in [1.165, 1.54) is 12.4 Å². The Balaban J connectivity index is 2.19. The number of ether oxygens (including phenoxy) is 1. The van der Waals surface area contributed by atoms with Gasteiger partial charge in [-0.1, -0.05) is 32.9 Å². The minimum atomic E-state index is -3.76. The first-order valence-electron chi connectivity index (χ1n) is 7.41. The molecular formula is C16H21N3O4S. The van der Waals surface area contributed by atoms with Crippen molar-refractivity contribution in [3.63, 3.8) is 0 Å². The maximum absolute atomic E-state index is 12.4. The van der Waals surface area contributed by atoms with Crippen LogP contribution in [0.1, 0.15) is 26.3 Å². The standard InChI is InChI=1S/C16H21N3O4S/c1-16(2,3)12-4-6-13(7-5-12)24(21,22)19-14-10-15(18-11-17-14)23-9-8-20/h4-7,10-11,20H,8-9H2,1-3H3,(H,17,18,19). The van der Waals surface area contributed by atoms with Crippen LogP contribution >= 0.6 is 0 Å². The van der Waals surface area contributed by atoms with E-state index in [0.29, 0.717) is 0 Å². The minimum absolute atomic E-state index is 0.0542. The van der Waals surface area contributed by atoms with Crippen LogP contribution in [0.25, 0.3) is 0 Å². The van der Waals surface area contributed by atoms with Crippen molar-refractivity contribution in [2.75, 3.05) is 17.9 Å². The largest absolute Gasteiger partial charge is 0.475 e. The quantitative estimate of drug-likeness (QED) is 0.825. The Morgan fingerprint density at radius 2 is 1.83 bits per heavy atom. The highest BCUT2D eigenvalue weighted by Gasteiger charge is 2.18. The smallest absolute Gasteiger partial charge is 0.263 e. The summed E-state index contributed by atoms with van der Waals surface area (Å²) in [7, 11) is -3.76. The molecule has 0 saturated carbocycles. The molecule has 0 aliphatic rings. The number of hydrogen-bond donors (Lipinski definition) is 2. The van der Waals surface area contributed by atoms with E-state index in [9.17, 15) is 8.42 Å². The van der Waals surface area contributed by atoms with Crippen molar-refractivity contribution >= 4 is 15.8 Å². The van der Waals surface area contributed by atoms with E-state index >= 15 is 0 Å². The molecule has 0 radical (unpaired) electrons. The second kappa shape index (κ2) is 7.14.